The quantitative estimate of drug-likeness (QED) is 0.418. The van der Waals surface area contributed by atoms with Gasteiger partial charge in [0, 0.05) is 28.2 Å². The molecule has 168 valence electrons. The van der Waals surface area contributed by atoms with E-state index in [1.165, 1.54) is 4.90 Å². The van der Waals surface area contributed by atoms with Gasteiger partial charge in [0.1, 0.15) is 11.8 Å². The first kappa shape index (κ1) is 25.8. The van der Waals surface area contributed by atoms with Gasteiger partial charge in [-0.2, -0.15) is 0 Å². The van der Waals surface area contributed by atoms with Crippen molar-refractivity contribution in [1.29, 1.82) is 0 Å². The number of carbonyl (C=O) groups is 2. The summed E-state index contributed by atoms with van der Waals surface area (Å²) in [7, 11) is 0. The third-order valence-corrected chi connectivity index (χ3v) is 5.89. The second-order valence-corrected chi connectivity index (χ2v) is 9.57. The Morgan fingerprint density at radius 3 is 2.32 bits per heavy atom. The molecule has 0 aromatic heterocycles. The molecule has 0 saturated carbocycles. The van der Waals surface area contributed by atoms with Gasteiger partial charge in [0.15, 0.2) is 6.61 Å². The zero-order chi connectivity index (χ0) is 23.1. The van der Waals surface area contributed by atoms with E-state index in [4.69, 9.17) is 39.5 Å². The van der Waals surface area contributed by atoms with Crippen LogP contribution >= 0.6 is 50.7 Å². The number of amides is 2. The third-order valence-electron chi connectivity index (χ3n) is 4.45. The second kappa shape index (κ2) is 12.0. The Bertz CT molecular complexity index is 940. The van der Waals surface area contributed by atoms with Gasteiger partial charge in [0.25, 0.3) is 5.91 Å². The maximum atomic E-state index is 13.1. The molecule has 0 spiro atoms. The largest absolute Gasteiger partial charge is 0.483 e. The van der Waals surface area contributed by atoms with Crippen LogP contribution in [0, 0.1) is 5.92 Å². The molecule has 2 rings (SSSR count). The maximum Gasteiger partial charge on any atom is 0.261 e. The molecular formula is C22H24BrCl3N2O3. The number of benzene rings is 2. The first-order chi connectivity index (χ1) is 14.6. The zero-order valence-electron chi connectivity index (χ0n) is 17.4. The molecule has 2 aromatic carbocycles. The third kappa shape index (κ3) is 7.86. The molecule has 2 aromatic rings. The summed E-state index contributed by atoms with van der Waals surface area (Å²) >= 11 is 21.6. The molecule has 9 heteroatoms. The second-order valence-electron chi connectivity index (χ2n) is 7.44. The molecule has 0 fully saturated rings. The minimum absolute atomic E-state index is 0.135. The molecule has 0 bridgehead atoms. The van der Waals surface area contributed by atoms with Crippen molar-refractivity contribution < 1.29 is 14.3 Å². The topological polar surface area (TPSA) is 58.6 Å². The van der Waals surface area contributed by atoms with Gasteiger partial charge in [0.05, 0.1) is 4.47 Å². The standard InChI is InChI=1S/C22H24BrCl3N2O3/c1-13(2)10-27-22(30)14(3)28(11-15-4-5-17(25)9-19(15)26)21(29)12-31-20-7-6-16(24)8-18(20)23/h4-9,13-14H,10-12H2,1-3H3,(H,27,30). The SMILES string of the molecule is CC(C)CNC(=O)C(C)N(Cc1ccc(Cl)cc1Cl)C(=O)COc1ccc(Cl)cc1Br. The van der Waals surface area contributed by atoms with Crippen molar-refractivity contribution in [2.24, 2.45) is 5.92 Å². The van der Waals surface area contributed by atoms with E-state index in [9.17, 15) is 9.59 Å². The Hall–Kier alpha value is -1.47. The smallest absolute Gasteiger partial charge is 0.261 e. The van der Waals surface area contributed by atoms with E-state index in [1.54, 1.807) is 43.3 Å². The van der Waals surface area contributed by atoms with Crippen LogP contribution in [0.5, 0.6) is 5.75 Å². The molecule has 31 heavy (non-hydrogen) atoms. The van der Waals surface area contributed by atoms with Crippen LogP contribution in [-0.4, -0.2) is 35.9 Å². The van der Waals surface area contributed by atoms with Gasteiger partial charge < -0.3 is 15.0 Å². The lowest BCUT2D eigenvalue weighted by molar-refractivity contribution is -0.142. The Morgan fingerprint density at radius 2 is 1.71 bits per heavy atom. The lowest BCUT2D eigenvalue weighted by Gasteiger charge is -2.29. The van der Waals surface area contributed by atoms with Gasteiger partial charge in [-0.1, -0.05) is 54.7 Å². The number of rotatable bonds is 9. The molecule has 2 amide bonds. The van der Waals surface area contributed by atoms with Crippen LogP contribution in [-0.2, 0) is 16.1 Å². The van der Waals surface area contributed by atoms with E-state index in [0.717, 1.165) is 0 Å². The highest BCUT2D eigenvalue weighted by molar-refractivity contribution is 9.10. The fourth-order valence-corrected chi connectivity index (χ4v) is 3.95. The molecule has 0 aliphatic heterocycles. The van der Waals surface area contributed by atoms with Crippen molar-refractivity contribution >= 4 is 62.5 Å². The minimum Gasteiger partial charge on any atom is -0.483 e. The fraction of sp³-hybridized carbons (Fsp3) is 0.364. The van der Waals surface area contributed by atoms with Crippen LogP contribution in [0.3, 0.4) is 0 Å². The molecule has 0 aliphatic rings. The van der Waals surface area contributed by atoms with E-state index in [0.29, 0.717) is 37.4 Å². The number of halogens is 4. The highest BCUT2D eigenvalue weighted by Gasteiger charge is 2.27. The van der Waals surface area contributed by atoms with Gasteiger partial charge in [-0.3, -0.25) is 9.59 Å². The van der Waals surface area contributed by atoms with Crippen molar-refractivity contribution in [3.05, 3.63) is 61.5 Å². The van der Waals surface area contributed by atoms with Crippen molar-refractivity contribution in [2.75, 3.05) is 13.2 Å². The van der Waals surface area contributed by atoms with Gasteiger partial charge >= 0.3 is 0 Å². The summed E-state index contributed by atoms with van der Waals surface area (Å²) in [5.74, 6) is 0.149. The number of nitrogens with zero attached hydrogens (tertiary/aromatic N) is 1. The summed E-state index contributed by atoms with van der Waals surface area (Å²) < 4.78 is 6.29. The number of ether oxygens (including phenoxy) is 1. The number of hydrogen-bond donors (Lipinski definition) is 1. The molecule has 0 aliphatic carbocycles. The van der Waals surface area contributed by atoms with Crippen molar-refractivity contribution in [2.45, 2.75) is 33.4 Å². The fourth-order valence-electron chi connectivity index (χ4n) is 2.68. The minimum atomic E-state index is -0.727. The summed E-state index contributed by atoms with van der Waals surface area (Å²) in [6.07, 6.45) is 0. The first-order valence-electron chi connectivity index (χ1n) is 9.67. The normalized spacial score (nSPS) is 11.9. The Balaban J connectivity index is 2.20. The van der Waals surface area contributed by atoms with Crippen LogP contribution in [0.15, 0.2) is 40.9 Å². The Kier molecular flexibility index (Phi) is 9.94. The van der Waals surface area contributed by atoms with Gasteiger partial charge in [0.2, 0.25) is 5.91 Å². The summed E-state index contributed by atoms with van der Waals surface area (Å²) in [5.41, 5.74) is 0.676. The van der Waals surface area contributed by atoms with E-state index in [2.05, 4.69) is 21.2 Å². The van der Waals surface area contributed by atoms with E-state index < -0.39 is 6.04 Å². The lowest BCUT2D eigenvalue weighted by atomic mass is 10.1. The lowest BCUT2D eigenvalue weighted by Crippen LogP contribution is -2.49. The molecule has 0 saturated heterocycles. The van der Waals surface area contributed by atoms with Crippen LogP contribution in [0.1, 0.15) is 26.3 Å². The molecule has 0 radical (unpaired) electrons. The average Bonchev–Trinajstić information content (AvgIpc) is 2.70. The van der Waals surface area contributed by atoms with Crippen molar-refractivity contribution in [3.8, 4) is 5.75 Å². The molecule has 0 heterocycles. The zero-order valence-corrected chi connectivity index (χ0v) is 21.3. The number of carbonyl (C=O) groups excluding carboxylic acids is 2. The number of nitrogens with one attached hydrogen (secondary N) is 1. The highest BCUT2D eigenvalue weighted by atomic mass is 79.9. The molecule has 1 N–H and O–H groups in total. The predicted molar refractivity (Wildman–Crippen MR) is 129 cm³/mol. The van der Waals surface area contributed by atoms with E-state index in [-0.39, 0.29) is 30.9 Å². The van der Waals surface area contributed by atoms with E-state index in [1.807, 2.05) is 13.8 Å². The number of hydrogen-bond acceptors (Lipinski definition) is 3. The maximum absolute atomic E-state index is 13.1. The van der Waals surface area contributed by atoms with Crippen molar-refractivity contribution in [3.63, 3.8) is 0 Å². The summed E-state index contributed by atoms with van der Waals surface area (Å²) in [6, 6.07) is 9.31. The molecule has 1 unspecified atom stereocenters. The Labute approximate surface area is 206 Å². The monoisotopic (exact) mass is 548 g/mol. The van der Waals surface area contributed by atoms with Gasteiger partial charge in [-0.05, 0) is 64.7 Å². The van der Waals surface area contributed by atoms with Crippen LogP contribution in [0.4, 0.5) is 0 Å². The predicted octanol–water partition coefficient (Wildman–Crippen LogP) is 5.98. The van der Waals surface area contributed by atoms with Crippen LogP contribution in [0.25, 0.3) is 0 Å². The van der Waals surface area contributed by atoms with E-state index >= 15 is 0 Å². The molecule has 5 nitrogen and oxygen atoms in total. The molecule has 1 atom stereocenters. The summed E-state index contributed by atoms with van der Waals surface area (Å²) in [6.45, 7) is 6.07. The van der Waals surface area contributed by atoms with Crippen molar-refractivity contribution in [1.82, 2.24) is 10.2 Å². The Morgan fingerprint density at radius 1 is 1.06 bits per heavy atom. The highest BCUT2D eigenvalue weighted by Crippen LogP contribution is 2.28. The van der Waals surface area contributed by atoms with Crippen LogP contribution in [0.2, 0.25) is 15.1 Å². The van der Waals surface area contributed by atoms with Gasteiger partial charge in [-0.25, -0.2) is 0 Å². The summed E-state index contributed by atoms with van der Waals surface area (Å²) in [4.78, 5) is 27.2. The first-order valence-corrected chi connectivity index (χ1v) is 11.6. The summed E-state index contributed by atoms with van der Waals surface area (Å²) in [5, 5.41) is 4.32. The average molecular weight is 551 g/mol. The van der Waals surface area contributed by atoms with Gasteiger partial charge in [-0.15, -0.1) is 0 Å². The molecular weight excluding hydrogens is 527 g/mol. The van der Waals surface area contributed by atoms with Crippen LogP contribution < -0.4 is 10.1 Å².